The molecule has 0 bridgehead atoms. The lowest BCUT2D eigenvalue weighted by Crippen LogP contribution is -2.38. The van der Waals surface area contributed by atoms with Crippen molar-refractivity contribution in [2.24, 2.45) is 0 Å². The number of nitrogen functional groups attached to an aromatic ring is 1. The number of fused-ring (bicyclic) bond motifs is 1. The number of hydrogen-bond acceptors (Lipinski definition) is 4. The molecule has 0 atom stereocenters. The molecule has 4 rings (SSSR count). The molecule has 1 aromatic heterocycles. The number of nitrogens with zero attached hydrogens (tertiary/aromatic N) is 4. The lowest BCUT2D eigenvalue weighted by molar-refractivity contribution is 0.0973. The fourth-order valence-electron chi connectivity index (χ4n) is 3.16. The van der Waals surface area contributed by atoms with E-state index in [2.05, 4.69) is 33.8 Å². The summed E-state index contributed by atoms with van der Waals surface area (Å²) in [4.78, 5) is 15.0. The van der Waals surface area contributed by atoms with E-state index in [1.807, 2.05) is 30.3 Å². The largest absolute Gasteiger partial charge is 0.399 e. The van der Waals surface area contributed by atoms with Crippen LogP contribution >= 0.6 is 22.6 Å². The van der Waals surface area contributed by atoms with Gasteiger partial charge in [-0.15, -0.1) is 0 Å². The van der Waals surface area contributed by atoms with E-state index in [1.54, 1.807) is 23.1 Å². The van der Waals surface area contributed by atoms with Crippen molar-refractivity contribution in [3.05, 3.63) is 69.1 Å². The van der Waals surface area contributed by atoms with Crippen LogP contribution in [0, 0.1) is 14.9 Å². The van der Waals surface area contributed by atoms with Crippen LogP contribution in [-0.2, 0) is 6.42 Å². The Morgan fingerprint density at radius 1 is 1.15 bits per heavy atom. The van der Waals surface area contributed by atoms with Crippen molar-refractivity contribution in [3.63, 3.8) is 0 Å². The Bertz CT molecular complexity index is 1050. The first kappa shape index (κ1) is 16.6. The van der Waals surface area contributed by atoms with E-state index in [9.17, 15) is 10.1 Å². The number of nitriles is 1. The van der Waals surface area contributed by atoms with Gasteiger partial charge in [-0.2, -0.15) is 10.4 Å². The molecular formula is C19H14IN5O. The second kappa shape index (κ2) is 6.46. The number of halogens is 1. The average molecular weight is 455 g/mol. The molecule has 1 aliphatic rings. The fraction of sp³-hybridized carbons (Fsp3) is 0.105. The standard InChI is InChI=1S/C19H14IN5O/c20-12-4-6-14(7-5-12)24-9-8-16-17(11-21)23-25(18(16)19(24)26)15-3-1-2-13(22)10-15/h1-7,10H,8-9,22H2. The molecule has 0 spiro atoms. The van der Waals surface area contributed by atoms with Crippen molar-refractivity contribution in [1.82, 2.24) is 9.78 Å². The monoisotopic (exact) mass is 455 g/mol. The predicted octanol–water partition coefficient (Wildman–Crippen LogP) is 3.13. The van der Waals surface area contributed by atoms with Gasteiger partial charge in [0.05, 0.1) is 5.69 Å². The molecule has 1 aliphatic heterocycles. The summed E-state index contributed by atoms with van der Waals surface area (Å²) in [6.07, 6.45) is 0.582. The number of carbonyl (C=O) groups is 1. The minimum Gasteiger partial charge on any atom is -0.399 e. The number of aromatic nitrogens is 2. The van der Waals surface area contributed by atoms with Gasteiger partial charge >= 0.3 is 0 Å². The summed E-state index contributed by atoms with van der Waals surface area (Å²) < 4.78 is 2.64. The molecule has 2 N–H and O–H groups in total. The van der Waals surface area contributed by atoms with Crippen LogP contribution < -0.4 is 10.6 Å². The number of benzene rings is 2. The molecule has 7 heteroatoms. The molecule has 0 saturated carbocycles. The summed E-state index contributed by atoms with van der Waals surface area (Å²) >= 11 is 2.23. The van der Waals surface area contributed by atoms with Gasteiger partial charge in [0.2, 0.25) is 0 Å². The summed E-state index contributed by atoms with van der Waals surface area (Å²) in [5.41, 5.74) is 9.36. The quantitative estimate of drug-likeness (QED) is 0.475. The van der Waals surface area contributed by atoms with Gasteiger partial charge < -0.3 is 10.6 Å². The molecule has 0 aliphatic carbocycles. The Morgan fingerprint density at radius 2 is 1.92 bits per heavy atom. The molecule has 3 aromatic rings. The molecule has 1 amide bonds. The zero-order chi connectivity index (χ0) is 18.3. The second-order valence-corrected chi connectivity index (χ2v) is 7.22. The lowest BCUT2D eigenvalue weighted by Gasteiger charge is -2.27. The van der Waals surface area contributed by atoms with Crippen LogP contribution in [0.3, 0.4) is 0 Å². The Labute approximate surface area is 164 Å². The third-order valence-corrected chi connectivity index (χ3v) is 5.09. The van der Waals surface area contributed by atoms with Gasteiger partial charge in [0.15, 0.2) is 5.69 Å². The van der Waals surface area contributed by atoms with Crippen molar-refractivity contribution in [2.45, 2.75) is 6.42 Å². The van der Waals surface area contributed by atoms with Gasteiger partial charge in [0, 0.05) is 27.1 Å². The third kappa shape index (κ3) is 2.72. The van der Waals surface area contributed by atoms with Gasteiger partial charge in [-0.3, -0.25) is 4.79 Å². The molecule has 0 fully saturated rings. The number of amides is 1. The number of nitrogens with two attached hydrogens (primary N) is 1. The Hall–Kier alpha value is -2.86. The smallest absolute Gasteiger partial charge is 0.277 e. The Balaban J connectivity index is 1.85. The van der Waals surface area contributed by atoms with Crippen LogP contribution in [0.25, 0.3) is 5.69 Å². The van der Waals surface area contributed by atoms with Crippen LogP contribution in [0.2, 0.25) is 0 Å². The Morgan fingerprint density at radius 3 is 2.62 bits per heavy atom. The summed E-state index contributed by atoms with van der Waals surface area (Å²) in [5, 5.41) is 13.8. The fourth-order valence-corrected chi connectivity index (χ4v) is 3.52. The van der Waals surface area contributed by atoms with E-state index >= 15 is 0 Å². The van der Waals surface area contributed by atoms with Gasteiger partial charge in [-0.05, 0) is 71.5 Å². The zero-order valence-corrected chi connectivity index (χ0v) is 15.8. The van der Waals surface area contributed by atoms with Crippen LogP contribution in [0.1, 0.15) is 21.7 Å². The normalized spacial score (nSPS) is 13.4. The molecule has 2 aromatic carbocycles. The minimum atomic E-state index is -0.163. The molecule has 6 nitrogen and oxygen atoms in total. The first-order valence-corrected chi connectivity index (χ1v) is 9.11. The summed E-state index contributed by atoms with van der Waals surface area (Å²) in [5.74, 6) is -0.163. The Kier molecular flexibility index (Phi) is 4.12. The molecule has 26 heavy (non-hydrogen) atoms. The molecule has 0 radical (unpaired) electrons. The first-order valence-electron chi connectivity index (χ1n) is 8.04. The van der Waals surface area contributed by atoms with E-state index in [-0.39, 0.29) is 11.6 Å². The second-order valence-electron chi connectivity index (χ2n) is 5.98. The van der Waals surface area contributed by atoms with E-state index in [4.69, 9.17) is 5.73 Å². The summed E-state index contributed by atoms with van der Waals surface area (Å²) in [6.45, 7) is 0.518. The van der Waals surface area contributed by atoms with E-state index < -0.39 is 0 Å². The number of carbonyl (C=O) groups excluding carboxylic acids is 1. The highest BCUT2D eigenvalue weighted by atomic mass is 127. The van der Waals surface area contributed by atoms with Crippen molar-refractivity contribution in [2.75, 3.05) is 17.2 Å². The predicted molar refractivity (Wildman–Crippen MR) is 107 cm³/mol. The maximum Gasteiger partial charge on any atom is 0.277 e. The number of hydrogen-bond donors (Lipinski definition) is 1. The SMILES string of the molecule is N#Cc1nn(-c2cccc(N)c2)c2c1CCN(c1ccc(I)cc1)C2=O. The first-order chi connectivity index (χ1) is 12.6. The topological polar surface area (TPSA) is 87.9 Å². The summed E-state index contributed by atoms with van der Waals surface area (Å²) in [7, 11) is 0. The average Bonchev–Trinajstić information content (AvgIpc) is 3.03. The van der Waals surface area contributed by atoms with Gasteiger partial charge in [0.1, 0.15) is 11.8 Å². The van der Waals surface area contributed by atoms with Gasteiger partial charge in [-0.25, -0.2) is 4.68 Å². The third-order valence-electron chi connectivity index (χ3n) is 4.38. The molecule has 2 heterocycles. The van der Waals surface area contributed by atoms with E-state index in [0.717, 1.165) is 9.26 Å². The van der Waals surface area contributed by atoms with Crippen LogP contribution in [0.15, 0.2) is 48.5 Å². The van der Waals surface area contributed by atoms with Gasteiger partial charge in [-0.1, -0.05) is 6.07 Å². The van der Waals surface area contributed by atoms with Gasteiger partial charge in [0.25, 0.3) is 5.91 Å². The molecular weight excluding hydrogens is 441 g/mol. The van der Waals surface area contributed by atoms with Crippen LogP contribution in [0.5, 0.6) is 0 Å². The maximum atomic E-state index is 13.2. The highest BCUT2D eigenvalue weighted by molar-refractivity contribution is 14.1. The van der Waals surface area contributed by atoms with Crippen molar-refractivity contribution in [1.29, 1.82) is 5.26 Å². The van der Waals surface area contributed by atoms with E-state index in [0.29, 0.717) is 35.6 Å². The van der Waals surface area contributed by atoms with Crippen molar-refractivity contribution in [3.8, 4) is 11.8 Å². The summed E-state index contributed by atoms with van der Waals surface area (Å²) in [6, 6.07) is 17.0. The number of anilines is 2. The molecule has 0 unspecified atom stereocenters. The lowest BCUT2D eigenvalue weighted by atomic mass is 10.0. The molecule has 0 saturated heterocycles. The number of rotatable bonds is 2. The van der Waals surface area contributed by atoms with Crippen molar-refractivity contribution < 1.29 is 4.79 Å². The highest BCUT2D eigenvalue weighted by Gasteiger charge is 2.33. The minimum absolute atomic E-state index is 0.163. The van der Waals surface area contributed by atoms with Crippen LogP contribution in [0.4, 0.5) is 11.4 Å². The van der Waals surface area contributed by atoms with E-state index in [1.165, 1.54) is 4.68 Å². The molecule has 128 valence electrons. The maximum absolute atomic E-state index is 13.2. The highest BCUT2D eigenvalue weighted by Crippen LogP contribution is 2.29. The van der Waals surface area contributed by atoms with Crippen molar-refractivity contribution >= 4 is 39.9 Å². The van der Waals surface area contributed by atoms with Crippen LogP contribution in [-0.4, -0.2) is 22.2 Å². The zero-order valence-electron chi connectivity index (χ0n) is 13.7.